The minimum atomic E-state index is -0.322. The second-order valence-corrected chi connectivity index (χ2v) is 5.61. The molecule has 0 aliphatic carbocycles. The fraction of sp³-hybridized carbons (Fsp3) is 0.467. The minimum Gasteiger partial charge on any atom is -0.344 e. The number of rotatable bonds is 2. The molecule has 0 bridgehead atoms. The number of likely N-dealkylation sites (tertiary alicyclic amines) is 1. The van der Waals surface area contributed by atoms with E-state index in [0.717, 1.165) is 36.8 Å². The maximum Gasteiger partial charge on any atom is 0.271 e. The number of aromatic nitrogens is 1. The van der Waals surface area contributed by atoms with Crippen LogP contribution in [-0.2, 0) is 0 Å². The van der Waals surface area contributed by atoms with Gasteiger partial charge in [0.2, 0.25) is 0 Å². The van der Waals surface area contributed by atoms with E-state index in [1.54, 1.807) is 12.1 Å². The fourth-order valence-corrected chi connectivity index (χ4v) is 3.07. The second kappa shape index (κ2) is 5.25. The van der Waals surface area contributed by atoms with Gasteiger partial charge in [-0.3, -0.25) is 10.1 Å². The highest BCUT2D eigenvalue weighted by molar-refractivity contribution is 5.82. The molecule has 1 fully saturated rings. The van der Waals surface area contributed by atoms with Gasteiger partial charge >= 0.3 is 0 Å². The molecule has 5 nitrogen and oxygen atoms in total. The molecule has 1 atom stereocenters. The predicted octanol–water partition coefficient (Wildman–Crippen LogP) is 3.21. The summed E-state index contributed by atoms with van der Waals surface area (Å²) >= 11 is 0. The lowest BCUT2D eigenvalue weighted by Gasteiger charge is -2.18. The van der Waals surface area contributed by atoms with Gasteiger partial charge in [0.25, 0.3) is 5.69 Å². The van der Waals surface area contributed by atoms with Crippen molar-refractivity contribution in [1.82, 2.24) is 9.47 Å². The number of fused-ring (bicyclic) bond motifs is 1. The van der Waals surface area contributed by atoms with Gasteiger partial charge in [0, 0.05) is 29.8 Å². The number of hydrogen-bond donors (Lipinski definition) is 0. The highest BCUT2D eigenvalue weighted by Crippen LogP contribution is 2.29. The maximum atomic E-state index is 10.9. The van der Waals surface area contributed by atoms with Crippen molar-refractivity contribution in [3.63, 3.8) is 0 Å². The van der Waals surface area contributed by atoms with Gasteiger partial charge in [-0.15, -0.1) is 0 Å². The second-order valence-electron chi connectivity index (χ2n) is 5.61. The molecule has 106 valence electrons. The Morgan fingerprint density at radius 1 is 1.25 bits per heavy atom. The SMILES string of the molecule is CN1CCCC(n2ccc3ccc([N+](=O)[O-])cc32)CC1. The third-order valence-electron chi connectivity index (χ3n) is 4.23. The van der Waals surface area contributed by atoms with Crippen molar-refractivity contribution in [3.8, 4) is 0 Å². The van der Waals surface area contributed by atoms with Crippen LogP contribution in [-0.4, -0.2) is 34.5 Å². The van der Waals surface area contributed by atoms with E-state index < -0.39 is 0 Å². The van der Waals surface area contributed by atoms with Crippen LogP contribution in [0.3, 0.4) is 0 Å². The van der Waals surface area contributed by atoms with E-state index in [-0.39, 0.29) is 10.6 Å². The molecule has 0 saturated carbocycles. The van der Waals surface area contributed by atoms with Gasteiger partial charge in [-0.25, -0.2) is 0 Å². The summed E-state index contributed by atoms with van der Waals surface area (Å²) in [6.45, 7) is 2.22. The first-order valence-corrected chi connectivity index (χ1v) is 7.08. The summed E-state index contributed by atoms with van der Waals surface area (Å²) in [5.41, 5.74) is 1.15. The van der Waals surface area contributed by atoms with Gasteiger partial charge in [-0.2, -0.15) is 0 Å². The Bertz CT molecular complexity index is 635. The third kappa shape index (κ3) is 2.41. The molecule has 0 spiro atoms. The first kappa shape index (κ1) is 13.1. The largest absolute Gasteiger partial charge is 0.344 e. The number of hydrogen-bond acceptors (Lipinski definition) is 3. The third-order valence-corrected chi connectivity index (χ3v) is 4.23. The summed E-state index contributed by atoms with van der Waals surface area (Å²) in [5, 5.41) is 12.0. The molecular formula is C15H19N3O2. The van der Waals surface area contributed by atoms with Crippen molar-refractivity contribution in [2.24, 2.45) is 0 Å². The normalized spacial score (nSPS) is 20.9. The molecule has 5 heteroatoms. The quantitative estimate of drug-likeness (QED) is 0.623. The van der Waals surface area contributed by atoms with Crippen LogP contribution in [0.25, 0.3) is 10.9 Å². The van der Waals surface area contributed by atoms with Crippen LogP contribution in [0.15, 0.2) is 30.5 Å². The average molecular weight is 273 g/mol. The Balaban J connectivity index is 1.98. The Morgan fingerprint density at radius 2 is 2.10 bits per heavy atom. The van der Waals surface area contributed by atoms with Crippen molar-refractivity contribution >= 4 is 16.6 Å². The van der Waals surface area contributed by atoms with E-state index in [0.29, 0.717) is 6.04 Å². The van der Waals surface area contributed by atoms with Crippen LogP contribution in [0.5, 0.6) is 0 Å². The van der Waals surface area contributed by atoms with E-state index in [4.69, 9.17) is 0 Å². The zero-order valence-corrected chi connectivity index (χ0v) is 11.7. The van der Waals surface area contributed by atoms with Crippen molar-refractivity contribution in [2.75, 3.05) is 20.1 Å². The molecule has 20 heavy (non-hydrogen) atoms. The van der Waals surface area contributed by atoms with Gasteiger partial charge in [0.05, 0.1) is 10.4 Å². The van der Waals surface area contributed by atoms with E-state index in [9.17, 15) is 10.1 Å². The van der Waals surface area contributed by atoms with E-state index in [1.165, 1.54) is 6.42 Å². The lowest BCUT2D eigenvalue weighted by molar-refractivity contribution is -0.384. The van der Waals surface area contributed by atoms with Crippen LogP contribution >= 0.6 is 0 Å². The molecule has 1 unspecified atom stereocenters. The molecule has 0 amide bonds. The zero-order chi connectivity index (χ0) is 14.1. The highest BCUT2D eigenvalue weighted by Gasteiger charge is 2.18. The summed E-state index contributed by atoms with van der Waals surface area (Å²) < 4.78 is 2.22. The maximum absolute atomic E-state index is 10.9. The van der Waals surface area contributed by atoms with Crippen LogP contribution in [0.4, 0.5) is 5.69 Å². The molecule has 0 N–H and O–H groups in total. The molecule has 1 aromatic carbocycles. The Hall–Kier alpha value is -1.88. The summed E-state index contributed by atoms with van der Waals surface area (Å²) in [4.78, 5) is 13.0. The van der Waals surface area contributed by atoms with Crippen LogP contribution in [0.1, 0.15) is 25.3 Å². The first-order valence-electron chi connectivity index (χ1n) is 7.08. The molecule has 1 aliphatic heterocycles. The molecular weight excluding hydrogens is 254 g/mol. The lowest BCUT2D eigenvalue weighted by atomic mass is 10.1. The van der Waals surface area contributed by atoms with Crippen molar-refractivity contribution in [3.05, 3.63) is 40.6 Å². The van der Waals surface area contributed by atoms with Crippen LogP contribution in [0, 0.1) is 10.1 Å². The summed E-state index contributed by atoms with van der Waals surface area (Å²) in [5.74, 6) is 0. The highest BCUT2D eigenvalue weighted by atomic mass is 16.6. The van der Waals surface area contributed by atoms with Gasteiger partial charge in [-0.05, 0) is 51.5 Å². The molecule has 1 aliphatic rings. The zero-order valence-electron chi connectivity index (χ0n) is 11.7. The monoisotopic (exact) mass is 273 g/mol. The summed E-state index contributed by atoms with van der Waals surface area (Å²) in [6.07, 6.45) is 5.49. The van der Waals surface area contributed by atoms with Gasteiger partial charge in [0.15, 0.2) is 0 Å². The molecule has 2 aromatic rings. The molecule has 2 heterocycles. The average Bonchev–Trinajstić information content (AvgIpc) is 2.73. The van der Waals surface area contributed by atoms with Crippen LogP contribution in [0.2, 0.25) is 0 Å². The van der Waals surface area contributed by atoms with Crippen molar-refractivity contribution < 1.29 is 4.92 Å². The Kier molecular flexibility index (Phi) is 3.44. The van der Waals surface area contributed by atoms with E-state index in [1.807, 2.05) is 12.1 Å². The summed E-state index contributed by atoms with van der Waals surface area (Å²) in [6, 6.07) is 7.61. The van der Waals surface area contributed by atoms with Crippen molar-refractivity contribution in [2.45, 2.75) is 25.3 Å². The van der Waals surface area contributed by atoms with Gasteiger partial charge < -0.3 is 9.47 Å². The minimum absolute atomic E-state index is 0.170. The summed E-state index contributed by atoms with van der Waals surface area (Å²) in [7, 11) is 2.15. The van der Waals surface area contributed by atoms with Gasteiger partial charge in [0.1, 0.15) is 0 Å². The lowest BCUT2D eigenvalue weighted by Crippen LogP contribution is -2.19. The Morgan fingerprint density at radius 3 is 2.90 bits per heavy atom. The molecule has 1 saturated heterocycles. The fourth-order valence-electron chi connectivity index (χ4n) is 3.07. The van der Waals surface area contributed by atoms with Crippen molar-refractivity contribution in [1.29, 1.82) is 0 Å². The van der Waals surface area contributed by atoms with E-state index >= 15 is 0 Å². The number of nitro groups is 1. The smallest absolute Gasteiger partial charge is 0.271 e. The van der Waals surface area contributed by atoms with Gasteiger partial charge in [-0.1, -0.05) is 0 Å². The number of benzene rings is 1. The number of nitro benzene ring substituents is 1. The number of nitrogens with zero attached hydrogens (tertiary/aromatic N) is 3. The number of non-ortho nitro benzene ring substituents is 1. The van der Waals surface area contributed by atoms with E-state index in [2.05, 4.69) is 22.7 Å². The first-order chi connectivity index (χ1) is 9.65. The predicted molar refractivity (Wildman–Crippen MR) is 79.0 cm³/mol. The molecule has 1 aromatic heterocycles. The standard InChI is InChI=1S/C15H19N3O2/c1-16-8-2-3-13(7-9-16)17-10-6-12-4-5-14(18(19)20)11-15(12)17/h4-6,10-11,13H,2-3,7-9H2,1H3. The Labute approximate surface area is 117 Å². The molecule has 0 radical (unpaired) electrons. The topological polar surface area (TPSA) is 51.3 Å². The molecule has 3 rings (SSSR count). The van der Waals surface area contributed by atoms with Crippen LogP contribution < -0.4 is 0 Å².